The third-order valence-corrected chi connectivity index (χ3v) is 4.96. The summed E-state index contributed by atoms with van der Waals surface area (Å²) in [6, 6.07) is 10.8. The molecule has 0 spiro atoms. The van der Waals surface area contributed by atoms with E-state index in [0.717, 1.165) is 5.92 Å². The minimum absolute atomic E-state index is 1.09. The van der Waals surface area contributed by atoms with Crippen LogP contribution in [0.4, 0.5) is 0 Å². The van der Waals surface area contributed by atoms with E-state index in [1.807, 2.05) is 0 Å². The van der Waals surface area contributed by atoms with Gasteiger partial charge in [0.1, 0.15) is 0 Å². The first-order valence-electron chi connectivity index (χ1n) is 9.90. The number of benzene rings is 1. The highest BCUT2D eigenvalue weighted by Crippen LogP contribution is 2.25. The monoisotopic (exact) mass is 302 g/mol. The Labute approximate surface area is 139 Å². The highest BCUT2D eigenvalue weighted by atomic mass is 14.2. The maximum Gasteiger partial charge on any atom is -0.0279 e. The number of aryl methyl sites for hydroxylation is 1. The van der Waals surface area contributed by atoms with Crippen molar-refractivity contribution in [3.8, 4) is 0 Å². The van der Waals surface area contributed by atoms with Crippen molar-refractivity contribution < 1.29 is 0 Å². The molecule has 0 atom stereocenters. The lowest BCUT2D eigenvalue weighted by Crippen LogP contribution is -2.03. The summed E-state index contributed by atoms with van der Waals surface area (Å²) in [4.78, 5) is 0. The van der Waals surface area contributed by atoms with Crippen LogP contribution in [0.25, 0.3) is 0 Å². The fourth-order valence-electron chi connectivity index (χ4n) is 3.35. The Balaban J connectivity index is 0.000000255. The molecule has 0 nitrogen and oxygen atoms in total. The summed E-state index contributed by atoms with van der Waals surface area (Å²) < 4.78 is 0. The lowest BCUT2D eigenvalue weighted by atomic mass is 9.88. The van der Waals surface area contributed by atoms with Crippen LogP contribution in [0, 0.1) is 5.92 Å². The molecular formula is C22H38. The van der Waals surface area contributed by atoms with Gasteiger partial charge in [-0.05, 0) is 24.3 Å². The van der Waals surface area contributed by atoms with Crippen LogP contribution in [0.3, 0.4) is 0 Å². The largest absolute Gasteiger partial charge is 0.0654 e. The molecule has 2 rings (SSSR count). The average Bonchev–Trinajstić information content (AvgIpc) is 2.60. The molecule has 22 heavy (non-hydrogen) atoms. The van der Waals surface area contributed by atoms with Crippen molar-refractivity contribution in [2.75, 3.05) is 0 Å². The molecular weight excluding hydrogens is 264 g/mol. The van der Waals surface area contributed by atoms with E-state index >= 15 is 0 Å². The minimum atomic E-state index is 1.09. The molecule has 0 aromatic heterocycles. The van der Waals surface area contributed by atoms with E-state index in [1.54, 1.807) is 0 Å². The summed E-state index contributed by atoms with van der Waals surface area (Å²) in [6.07, 6.45) is 18.5. The van der Waals surface area contributed by atoms with Crippen molar-refractivity contribution in [3.63, 3.8) is 0 Å². The molecule has 126 valence electrons. The van der Waals surface area contributed by atoms with Crippen molar-refractivity contribution in [1.82, 2.24) is 0 Å². The van der Waals surface area contributed by atoms with Crippen LogP contribution in [-0.4, -0.2) is 0 Å². The third kappa shape index (κ3) is 10.0. The summed E-state index contributed by atoms with van der Waals surface area (Å²) >= 11 is 0. The van der Waals surface area contributed by atoms with Crippen LogP contribution in [0.2, 0.25) is 0 Å². The maximum atomic E-state index is 2.32. The van der Waals surface area contributed by atoms with Crippen LogP contribution in [0.5, 0.6) is 0 Å². The second-order valence-corrected chi connectivity index (χ2v) is 6.92. The Morgan fingerprint density at radius 3 is 2.00 bits per heavy atom. The van der Waals surface area contributed by atoms with Crippen LogP contribution in [0.1, 0.15) is 96.5 Å². The summed E-state index contributed by atoms with van der Waals surface area (Å²) in [5.74, 6) is 1.09. The van der Waals surface area contributed by atoms with Crippen molar-refractivity contribution in [3.05, 3.63) is 35.9 Å². The molecule has 1 saturated carbocycles. The van der Waals surface area contributed by atoms with Gasteiger partial charge >= 0.3 is 0 Å². The Morgan fingerprint density at radius 2 is 1.41 bits per heavy atom. The number of hydrogen-bond acceptors (Lipinski definition) is 0. The van der Waals surface area contributed by atoms with Crippen molar-refractivity contribution in [2.45, 2.75) is 97.3 Å². The van der Waals surface area contributed by atoms with Crippen LogP contribution in [-0.2, 0) is 6.42 Å². The van der Waals surface area contributed by atoms with Gasteiger partial charge in [0.25, 0.3) is 0 Å². The fraction of sp³-hybridized carbons (Fsp3) is 0.727. The number of unbranched alkanes of at least 4 members (excludes halogenated alkanes) is 5. The van der Waals surface area contributed by atoms with Crippen LogP contribution < -0.4 is 0 Å². The molecule has 1 aliphatic carbocycles. The van der Waals surface area contributed by atoms with E-state index in [1.165, 1.54) is 89.0 Å². The zero-order chi connectivity index (χ0) is 15.9. The van der Waals surface area contributed by atoms with Crippen LogP contribution in [0.15, 0.2) is 30.3 Å². The van der Waals surface area contributed by atoms with Gasteiger partial charge in [0.2, 0.25) is 0 Å². The fourth-order valence-corrected chi connectivity index (χ4v) is 3.35. The Hall–Kier alpha value is -0.780. The zero-order valence-corrected chi connectivity index (χ0v) is 15.2. The molecule has 0 N–H and O–H groups in total. The van der Waals surface area contributed by atoms with Gasteiger partial charge in [0.05, 0.1) is 0 Å². The molecule has 0 radical (unpaired) electrons. The molecule has 0 heteroatoms. The minimum Gasteiger partial charge on any atom is -0.0654 e. The second kappa shape index (κ2) is 13.9. The average molecular weight is 303 g/mol. The van der Waals surface area contributed by atoms with Gasteiger partial charge in [-0.1, -0.05) is 115 Å². The van der Waals surface area contributed by atoms with E-state index in [4.69, 9.17) is 0 Å². The first-order valence-corrected chi connectivity index (χ1v) is 9.90. The first-order chi connectivity index (χ1) is 10.9. The highest BCUT2D eigenvalue weighted by molar-refractivity contribution is 5.14. The summed E-state index contributed by atoms with van der Waals surface area (Å²) in [7, 11) is 0. The standard InChI is InChI=1S/C14H22.C8H16/c1-2-3-4-5-6-8-11-14-12-9-7-10-13-14;1-2-8-6-4-3-5-7-8/h7,9-10,12-13H,2-6,8,11H2,1H3;8H,2-7H2,1H3. The van der Waals surface area contributed by atoms with Crippen LogP contribution >= 0.6 is 0 Å². The number of hydrogen-bond donors (Lipinski definition) is 0. The van der Waals surface area contributed by atoms with Gasteiger partial charge in [0.15, 0.2) is 0 Å². The van der Waals surface area contributed by atoms with E-state index in [2.05, 4.69) is 44.2 Å². The number of rotatable bonds is 8. The third-order valence-electron chi connectivity index (χ3n) is 4.96. The topological polar surface area (TPSA) is 0 Å². The molecule has 1 aromatic carbocycles. The predicted molar refractivity (Wildman–Crippen MR) is 100 cm³/mol. The lowest BCUT2D eigenvalue weighted by molar-refractivity contribution is 0.349. The van der Waals surface area contributed by atoms with Crippen molar-refractivity contribution in [1.29, 1.82) is 0 Å². The Morgan fingerprint density at radius 1 is 0.773 bits per heavy atom. The first kappa shape index (κ1) is 19.3. The SMILES string of the molecule is CCC1CCCCC1.CCCCCCCCc1ccccc1. The smallest absolute Gasteiger partial charge is 0.0279 e. The lowest BCUT2D eigenvalue weighted by Gasteiger charge is -2.18. The summed E-state index contributed by atoms with van der Waals surface area (Å²) in [6.45, 7) is 4.58. The van der Waals surface area contributed by atoms with Crippen molar-refractivity contribution in [2.24, 2.45) is 5.92 Å². The summed E-state index contributed by atoms with van der Waals surface area (Å²) in [5.41, 5.74) is 1.49. The van der Waals surface area contributed by atoms with E-state index in [0.29, 0.717) is 0 Å². The Kier molecular flexibility index (Phi) is 12.1. The maximum absolute atomic E-state index is 2.32. The molecule has 0 heterocycles. The molecule has 0 unspecified atom stereocenters. The quantitative estimate of drug-likeness (QED) is 0.434. The highest BCUT2D eigenvalue weighted by Gasteiger charge is 2.09. The summed E-state index contributed by atoms with van der Waals surface area (Å²) in [5, 5.41) is 0. The molecule has 0 saturated heterocycles. The molecule has 1 aliphatic rings. The van der Waals surface area contributed by atoms with Gasteiger partial charge in [-0.3, -0.25) is 0 Å². The van der Waals surface area contributed by atoms with E-state index in [9.17, 15) is 0 Å². The molecule has 1 aromatic rings. The van der Waals surface area contributed by atoms with Crippen molar-refractivity contribution >= 4 is 0 Å². The second-order valence-electron chi connectivity index (χ2n) is 6.92. The van der Waals surface area contributed by atoms with Gasteiger partial charge in [-0.15, -0.1) is 0 Å². The molecule has 0 amide bonds. The molecule has 1 fully saturated rings. The molecule has 0 bridgehead atoms. The normalized spacial score (nSPS) is 15.2. The molecule has 0 aliphatic heterocycles. The zero-order valence-electron chi connectivity index (χ0n) is 15.2. The van der Waals surface area contributed by atoms with Gasteiger partial charge in [0, 0.05) is 0 Å². The Bertz CT molecular complexity index is 321. The van der Waals surface area contributed by atoms with E-state index < -0.39 is 0 Å². The van der Waals surface area contributed by atoms with Gasteiger partial charge in [-0.2, -0.15) is 0 Å². The van der Waals surface area contributed by atoms with E-state index in [-0.39, 0.29) is 0 Å². The van der Waals surface area contributed by atoms with Gasteiger partial charge in [-0.25, -0.2) is 0 Å². The predicted octanol–water partition coefficient (Wildman–Crippen LogP) is 7.57. The van der Waals surface area contributed by atoms with Gasteiger partial charge < -0.3 is 0 Å².